The molecular formula is C11H14Cl2N2. The van der Waals surface area contributed by atoms with Crippen molar-refractivity contribution in [1.82, 2.24) is 5.32 Å². The van der Waals surface area contributed by atoms with Gasteiger partial charge in [-0.05, 0) is 23.8 Å². The normalized spacial score (nSPS) is 12.5. The Balaban J connectivity index is 2.89. The molecule has 15 heavy (non-hydrogen) atoms. The average molecular weight is 245 g/mol. The third kappa shape index (κ3) is 3.50. The SMILES string of the molecule is C=CCNC(CN)c1cc(Cl)ccc1Cl. The third-order valence-electron chi connectivity index (χ3n) is 2.08. The molecular weight excluding hydrogens is 231 g/mol. The van der Waals surface area contributed by atoms with E-state index in [0.717, 1.165) is 5.56 Å². The van der Waals surface area contributed by atoms with Gasteiger partial charge < -0.3 is 11.1 Å². The highest BCUT2D eigenvalue weighted by Crippen LogP contribution is 2.25. The molecule has 0 aliphatic carbocycles. The van der Waals surface area contributed by atoms with Gasteiger partial charge in [-0.25, -0.2) is 0 Å². The number of benzene rings is 1. The number of nitrogens with one attached hydrogen (secondary N) is 1. The number of hydrogen-bond acceptors (Lipinski definition) is 2. The predicted molar refractivity (Wildman–Crippen MR) is 66.5 cm³/mol. The number of rotatable bonds is 5. The molecule has 0 aromatic heterocycles. The highest BCUT2D eigenvalue weighted by molar-refractivity contribution is 6.33. The predicted octanol–water partition coefficient (Wildman–Crippen LogP) is 2.77. The van der Waals surface area contributed by atoms with E-state index in [0.29, 0.717) is 23.1 Å². The maximum absolute atomic E-state index is 6.07. The molecule has 0 heterocycles. The lowest BCUT2D eigenvalue weighted by atomic mass is 10.1. The summed E-state index contributed by atoms with van der Waals surface area (Å²) >= 11 is 12.0. The first-order valence-electron chi connectivity index (χ1n) is 4.68. The van der Waals surface area contributed by atoms with E-state index in [1.165, 1.54) is 0 Å². The summed E-state index contributed by atoms with van der Waals surface area (Å²) in [4.78, 5) is 0. The average Bonchev–Trinajstić information content (AvgIpc) is 2.24. The van der Waals surface area contributed by atoms with Gasteiger partial charge in [0.25, 0.3) is 0 Å². The van der Waals surface area contributed by atoms with Crippen molar-refractivity contribution in [2.24, 2.45) is 5.73 Å². The van der Waals surface area contributed by atoms with E-state index in [2.05, 4.69) is 11.9 Å². The second-order valence-electron chi connectivity index (χ2n) is 3.15. The van der Waals surface area contributed by atoms with Gasteiger partial charge in [-0.15, -0.1) is 6.58 Å². The quantitative estimate of drug-likeness (QED) is 0.783. The molecule has 0 spiro atoms. The highest BCUT2D eigenvalue weighted by Gasteiger charge is 2.12. The molecule has 1 aromatic carbocycles. The third-order valence-corrected chi connectivity index (χ3v) is 2.66. The Morgan fingerprint density at radius 2 is 2.20 bits per heavy atom. The van der Waals surface area contributed by atoms with Crippen LogP contribution in [-0.2, 0) is 0 Å². The lowest BCUT2D eigenvalue weighted by Crippen LogP contribution is -2.28. The largest absolute Gasteiger partial charge is 0.329 e. The Kier molecular flexibility index (Phi) is 5.12. The summed E-state index contributed by atoms with van der Waals surface area (Å²) in [7, 11) is 0. The zero-order chi connectivity index (χ0) is 11.3. The Morgan fingerprint density at radius 1 is 1.47 bits per heavy atom. The Morgan fingerprint density at radius 3 is 2.80 bits per heavy atom. The summed E-state index contributed by atoms with van der Waals surface area (Å²) in [5.41, 5.74) is 6.59. The van der Waals surface area contributed by atoms with E-state index < -0.39 is 0 Å². The van der Waals surface area contributed by atoms with Gasteiger partial charge in [-0.2, -0.15) is 0 Å². The topological polar surface area (TPSA) is 38.0 Å². The zero-order valence-electron chi connectivity index (χ0n) is 8.34. The molecule has 0 fully saturated rings. The molecule has 1 unspecified atom stereocenters. The summed E-state index contributed by atoms with van der Waals surface area (Å²) in [5, 5.41) is 4.55. The van der Waals surface area contributed by atoms with Crippen molar-refractivity contribution in [2.75, 3.05) is 13.1 Å². The van der Waals surface area contributed by atoms with Crippen LogP contribution in [0.3, 0.4) is 0 Å². The fraction of sp³-hybridized carbons (Fsp3) is 0.273. The molecule has 1 rings (SSSR count). The van der Waals surface area contributed by atoms with Crippen molar-refractivity contribution >= 4 is 23.2 Å². The van der Waals surface area contributed by atoms with Crippen LogP contribution >= 0.6 is 23.2 Å². The van der Waals surface area contributed by atoms with Crippen molar-refractivity contribution in [2.45, 2.75) is 6.04 Å². The van der Waals surface area contributed by atoms with Crippen LogP contribution in [0.2, 0.25) is 10.0 Å². The first-order valence-corrected chi connectivity index (χ1v) is 5.44. The molecule has 82 valence electrons. The molecule has 1 atom stereocenters. The van der Waals surface area contributed by atoms with Gasteiger partial charge in [0.1, 0.15) is 0 Å². The van der Waals surface area contributed by atoms with Crippen molar-refractivity contribution in [3.05, 3.63) is 46.5 Å². The Hall–Kier alpha value is -0.540. The van der Waals surface area contributed by atoms with Gasteiger partial charge in [0.05, 0.1) is 0 Å². The molecule has 0 aliphatic rings. The molecule has 3 N–H and O–H groups in total. The van der Waals surface area contributed by atoms with E-state index in [-0.39, 0.29) is 6.04 Å². The van der Waals surface area contributed by atoms with E-state index in [1.807, 2.05) is 6.07 Å². The molecule has 0 bridgehead atoms. The Bertz CT molecular complexity index is 339. The minimum absolute atomic E-state index is 0.00852. The van der Waals surface area contributed by atoms with Crippen LogP contribution in [0, 0.1) is 0 Å². The monoisotopic (exact) mass is 244 g/mol. The summed E-state index contributed by atoms with van der Waals surface area (Å²) in [6.45, 7) is 4.79. The molecule has 2 nitrogen and oxygen atoms in total. The van der Waals surface area contributed by atoms with Crippen LogP contribution in [0.4, 0.5) is 0 Å². The van der Waals surface area contributed by atoms with E-state index >= 15 is 0 Å². The van der Waals surface area contributed by atoms with Crippen LogP contribution in [0.5, 0.6) is 0 Å². The van der Waals surface area contributed by atoms with E-state index in [9.17, 15) is 0 Å². The smallest absolute Gasteiger partial charge is 0.0462 e. The van der Waals surface area contributed by atoms with Crippen molar-refractivity contribution in [3.8, 4) is 0 Å². The first-order chi connectivity index (χ1) is 7.19. The van der Waals surface area contributed by atoms with Gasteiger partial charge >= 0.3 is 0 Å². The van der Waals surface area contributed by atoms with Crippen LogP contribution < -0.4 is 11.1 Å². The van der Waals surface area contributed by atoms with Crippen LogP contribution in [0.15, 0.2) is 30.9 Å². The highest BCUT2D eigenvalue weighted by atomic mass is 35.5. The maximum Gasteiger partial charge on any atom is 0.0462 e. The molecule has 0 radical (unpaired) electrons. The maximum atomic E-state index is 6.07. The molecule has 0 amide bonds. The van der Waals surface area contributed by atoms with Crippen LogP contribution in [0.1, 0.15) is 11.6 Å². The summed E-state index contributed by atoms with van der Waals surface area (Å²) in [5.74, 6) is 0. The van der Waals surface area contributed by atoms with Crippen LogP contribution in [-0.4, -0.2) is 13.1 Å². The first kappa shape index (κ1) is 12.5. The molecule has 0 saturated heterocycles. The summed E-state index contributed by atoms with van der Waals surface area (Å²) in [6, 6.07) is 5.37. The van der Waals surface area contributed by atoms with E-state index in [4.69, 9.17) is 28.9 Å². The van der Waals surface area contributed by atoms with Gasteiger partial charge in [0.2, 0.25) is 0 Å². The summed E-state index contributed by atoms with van der Waals surface area (Å²) < 4.78 is 0. The van der Waals surface area contributed by atoms with Crippen molar-refractivity contribution < 1.29 is 0 Å². The lowest BCUT2D eigenvalue weighted by Gasteiger charge is -2.17. The summed E-state index contributed by atoms with van der Waals surface area (Å²) in [6.07, 6.45) is 1.78. The fourth-order valence-electron chi connectivity index (χ4n) is 1.33. The Labute approximate surface area is 100 Å². The standard InChI is InChI=1S/C11H14Cl2N2/c1-2-5-15-11(7-14)9-6-8(12)3-4-10(9)13/h2-4,6,11,15H,1,5,7,14H2. The van der Waals surface area contributed by atoms with Gasteiger partial charge in [0.15, 0.2) is 0 Å². The number of hydrogen-bond donors (Lipinski definition) is 2. The number of halogens is 2. The molecule has 0 aliphatic heterocycles. The zero-order valence-corrected chi connectivity index (χ0v) is 9.85. The lowest BCUT2D eigenvalue weighted by molar-refractivity contribution is 0.578. The molecule has 4 heteroatoms. The second-order valence-corrected chi connectivity index (χ2v) is 3.99. The fourth-order valence-corrected chi connectivity index (χ4v) is 1.76. The van der Waals surface area contributed by atoms with E-state index in [1.54, 1.807) is 18.2 Å². The second kappa shape index (κ2) is 6.13. The minimum atomic E-state index is 0.00852. The van der Waals surface area contributed by atoms with Crippen LogP contribution in [0.25, 0.3) is 0 Å². The molecule has 1 aromatic rings. The van der Waals surface area contributed by atoms with Gasteiger partial charge in [0, 0.05) is 29.2 Å². The number of nitrogens with two attached hydrogens (primary N) is 1. The van der Waals surface area contributed by atoms with Crippen molar-refractivity contribution in [1.29, 1.82) is 0 Å². The van der Waals surface area contributed by atoms with Gasteiger partial charge in [-0.1, -0.05) is 29.3 Å². The van der Waals surface area contributed by atoms with Crippen molar-refractivity contribution in [3.63, 3.8) is 0 Å². The van der Waals surface area contributed by atoms with Gasteiger partial charge in [-0.3, -0.25) is 0 Å². The molecule has 0 saturated carbocycles. The minimum Gasteiger partial charge on any atom is -0.329 e.